The second-order valence-corrected chi connectivity index (χ2v) is 10.7. The Morgan fingerprint density at radius 3 is 2.50 bits per heavy atom. The lowest BCUT2D eigenvalue weighted by Gasteiger charge is -2.33. The third-order valence-corrected chi connectivity index (χ3v) is 7.38. The Morgan fingerprint density at radius 2 is 1.95 bits per heavy atom. The summed E-state index contributed by atoms with van der Waals surface area (Å²) in [6, 6.07) is 10.2. The lowest BCUT2D eigenvalue weighted by atomic mass is 9.78. The molecule has 2 aliphatic carbocycles. The van der Waals surface area contributed by atoms with E-state index in [4.69, 9.17) is 4.43 Å². The van der Waals surface area contributed by atoms with Gasteiger partial charge >= 0.3 is 0 Å². The maximum Gasteiger partial charge on any atom is 0.299 e. The molecule has 1 fully saturated rings. The van der Waals surface area contributed by atoms with Crippen molar-refractivity contribution in [3.8, 4) is 0 Å². The van der Waals surface area contributed by atoms with Crippen LogP contribution in [-0.4, -0.2) is 14.3 Å². The molecule has 0 spiro atoms. The van der Waals surface area contributed by atoms with Crippen LogP contribution in [0.2, 0.25) is 13.1 Å². The van der Waals surface area contributed by atoms with Gasteiger partial charge in [0.2, 0.25) is 0 Å². The van der Waals surface area contributed by atoms with Gasteiger partial charge in [-0.3, -0.25) is 4.79 Å². The molecular weight excluding hydrogens is 264 g/mol. The van der Waals surface area contributed by atoms with E-state index in [9.17, 15) is 4.79 Å². The van der Waals surface area contributed by atoms with E-state index in [1.54, 1.807) is 0 Å². The van der Waals surface area contributed by atoms with Crippen molar-refractivity contribution in [1.82, 2.24) is 0 Å². The van der Waals surface area contributed by atoms with Crippen LogP contribution in [0.5, 0.6) is 0 Å². The van der Waals surface area contributed by atoms with Gasteiger partial charge < -0.3 is 4.43 Å². The monoisotopic (exact) mass is 286 g/mol. The van der Waals surface area contributed by atoms with Crippen molar-refractivity contribution in [3.63, 3.8) is 0 Å². The van der Waals surface area contributed by atoms with Crippen LogP contribution in [0, 0.1) is 17.3 Å². The zero-order valence-electron chi connectivity index (χ0n) is 12.4. The molecule has 3 heteroatoms. The Bertz CT molecular complexity index is 549. The van der Waals surface area contributed by atoms with Crippen molar-refractivity contribution in [3.05, 3.63) is 42.5 Å². The Hall–Kier alpha value is -1.35. The van der Waals surface area contributed by atoms with Crippen molar-refractivity contribution >= 4 is 19.5 Å². The maximum atomic E-state index is 12.7. The molecule has 2 nitrogen and oxygen atoms in total. The number of hydrogen-bond donors (Lipinski definition) is 0. The second kappa shape index (κ2) is 4.59. The number of benzene rings is 1. The van der Waals surface area contributed by atoms with Crippen LogP contribution in [-0.2, 0) is 9.22 Å². The zero-order valence-corrected chi connectivity index (χ0v) is 13.4. The third-order valence-electron chi connectivity index (χ3n) is 4.96. The molecular formula is C17H22O2Si. The summed E-state index contributed by atoms with van der Waals surface area (Å²) >= 11 is 0. The molecule has 3 rings (SSSR count). The molecule has 0 amide bonds. The quantitative estimate of drug-likeness (QED) is 0.630. The molecule has 1 saturated carbocycles. The lowest BCUT2D eigenvalue weighted by molar-refractivity contribution is -0.147. The van der Waals surface area contributed by atoms with Crippen molar-refractivity contribution < 1.29 is 9.22 Å². The van der Waals surface area contributed by atoms with Gasteiger partial charge in [0.05, 0.1) is 5.41 Å². The first-order valence-corrected chi connectivity index (χ1v) is 10.3. The molecule has 1 aromatic rings. The molecule has 0 N–H and O–H groups in total. The number of carbonyl (C=O) groups excluding carboxylic acids is 1. The second-order valence-electron chi connectivity index (χ2n) is 6.87. The first kappa shape index (κ1) is 13.6. The van der Waals surface area contributed by atoms with Gasteiger partial charge in [0.25, 0.3) is 14.3 Å². The smallest absolute Gasteiger partial charge is 0.299 e. The predicted octanol–water partition coefficient (Wildman–Crippen LogP) is 3.24. The van der Waals surface area contributed by atoms with E-state index in [-0.39, 0.29) is 11.4 Å². The third kappa shape index (κ3) is 2.14. The summed E-state index contributed by atoms with van der Waals surface area (Å²) in [5, 5.41) is 1.18. The Kier molecular flexibility index (Phi) is 3.13. The summed E-state index contributed by atoms with van der Waals surface area (Å²) in [4.78, 5) is 12.7. The molecule has 0 saturated heterocycles. The Balaban J connectivity index is 1.78. The maximum absolute atomic E-state index is 12.7. The van der Waals surface area contributed by atoms with E-state index >= 15 is 0 Å². The molecule has 0 radical (unpaired) electrons. The fraction of sp³-hybridized carbons (Fsp3) is 0.471. The normalized spacial score (nSPS) is 31.6. The summed E-state index contributed by atoms with van der Waals surface area (Å²) < 4.78 is 6.03. The number of fused-ring (bicyclic) bond motifs is 2. The molecule has 106 valence electrons. The van der Waals surface area contributed by atoms with E-state index in [1.165, 1.54) is 5.19 Å². The summed E-state index contributed by atoms with van der Waals surface area (Å²) in [5.41, 5.74) is -0.307. The largest absolute Gasteiger partial charge is 0.515 e. The fourth-order valence-corrected chi connectivity index (χ4v) is 5.39. The van der Waals surface area contributed by atoms with E-state index < -0.39 is 8.32 Å². The average molecular weight is 286 g/mol. The highest BCUT2D eigenvalue weighted by molar-refractivity contribution is 6.85. The highest BCUT2D eigenvalue weighted by atomic mass is 28.4. The van der Waals surface area contributed by atoms with E-state index in [2.05, 4.69) is 44.3 Å². The van der Waals surface area contributed by atoms with Crippen LogP contribution >= 0.6 is 0 Å². The van der Waals surface area contributed by atoms with Crippen molar-refractivity contribution in [2.45, 2.75) is 32.9 Å². The molecule has 2 bridgehead atoms. The van der Waals surface area contributed by atoms with Crippen LogP contribution in [0.15, 0.2) is 42.5 Å². The first-order valence-electron chi connectivity index (χ1n) is 7.39. The predicted molar refractivity (Wildman–Crippen MR) is 83.1 cm³/mol. The van der Waals surface area contributed by atoms with Crippen LogP contribution in [0.4, 0.5) is 0 Å². The summed E-state index contributed by atoms with van der Waals surface area (Å²) in [6.07, 6.45) is 6.55. The van der Waals surface area contributed by atoms with E-state index in [1.807, 2.05) is 18.2 Å². The Morgan fingerprint density at radius 1 is 1.25 bits per heavy atom. The molecule has 20 heavy (non-hydrogen) atoms. The van der Waals surface area contributed by atoms with Crippen molar-refractivity contribution in [2.24, 2.45) is 17.3 Å². The van der Waals surface area contributed by atoms with E-state index in [0.717, 1.165) is 12.8 Å². The van der Waals surface area contributed by atoms with Crippen LogP contribution in [0.3, 0.4) is 0 Å². The number of carbonyl (C=O) groups is 1. The number of hydrogen-bond acceptors (Lipinski definition) is 2. The van der Waals surface area contributed by atoms with Gasteiger partial charge in [-0.1, -0.05) is 42.5 Å². The molecule has 3 unspecified atom stereocenters. The van der Waals surface area contributed by atoms with E-state index in [0.29, 0.717) is 11.8 Å². The minimum atomic E-state index is -2.16. The molecule has 0 aliphatic heterocycles. The summed E-state index contributed by atoms with van der Waals surface area (Å²) in [5.74, 6) is 0.967. The Labute approximate surface area is 122 Å². The highest BCUT2D eigenvalue weighted by Gasteiger charge is 2.52. The average Bonchev–Trinajstić information content (AvgIpc) is 3.00. The summed E-state index contributed by atoms with van der Waals surface area (Å²) in [6.45, 7) is 6.29. The molecule has 0 heterocycles. The topological polar surface area (TPSA) is 26.3 Å². The SMILES string of the molecule is CC1(C(=O)O[Si](C)(C)c2ccccc2)CC2C=CC1C2. The lowest BCUT2D eigenvalue weighted by Crippen LogP contribution is -2.49. The fourth-order valence-electron chi connectivity index (χ4n) is 3.58. The zero-order chi connectivity index (χ0) is 14.4. The summed E-state index contributed by atoms with van der Waals surface area (Å²) in [7, 11) is -2.16. The molecule has 0 aromatic heterocycles. The molecule has 3 atom stereocenters. The van der Waals surface area contributed by atoms with Gasteiger partial charge in [0.15, 0.2) is 0 Å². The standard InChI is InChI=1S/C17H22O2Si/c1-17(12-13-9-10-14(17)11-13)16(18)19-20(2,3)15-7-5-4-6-8-15/h4-10,13-14H,11-12H2,1-3H3. The van der Waals surface area contributed by atoms with Crippen molar-refractivity contribution in [1.29, 1.82) is 0 Å². The highest BCUT2D eigenvalue weighted by Crippen LogP contribution is 2.52. The minimum Gasteiger partial charge on any atom is -0.515 e. The van der Waals surface area contributed by atoms with Gasteiger partial charge in [0, 0.05) is 0 Å². The van der Waals surface area contributed by atoms with Gasteiger partial charge in [0.1, 0.15) is 0 Å². The minimum absolute atomic E-state index is 0.00914. The van der Waals surface area contributed by atoms with Gasteiger partial charge in [-0.15, -0.1) is 0 Å². The van der Waals surface area contributed by atoms with Crippen molar-refractivity contribution in [2.75, 3.05) is 0 Å². The molecule has 2 aliphatic rings. The number of allylic oxidation sites excluding steroid dienone is 2. The first-order chi connectivity index (χ1) is 9.42. The van der Waals surface area contributed by atoms with Gasteiger partial charge in [-0.25, -0.2) is 0 Å². The van der Waals surface area contributed by atoms with Gasteiger partial charge in [-0.05, 0) is 49.9 Å². The number of rotatable bonds is 3. The van der Waals surface area contributed by atoms with Crippen LogP contribution < -0.4 is 5.19 Å². The molecule has 1 aromatic carbocycles. The van der Waals surface area contributed by atoms with Crippen LogP contribution in [0.25, 0.3) is 0 Å². The van der Waals surface area contributed by atoms with Gasteiger partial charge in [-0.2, -0.15) is 0 Å². The van der Waals surface area contributed by atoms with Crippen LogP contribution in [0.1, 0.15) is 19.8 Å².